The van der Waals surface area contributed by atoms with E-state index >= 15 is 0 Å². The molecular formula is C23H26N4O3. The number of hydrogen-bond acceptors (Lipinski definition) is 5. The van der Waals surface area contributed by atoms with Crippen LogP contribution in [0.25, 0.3) is 11.6 Å². The van der Waals surface area contributed by atoms with Crippen LogP contribution in [0.2, 0.25) is 0 Å². The Morgan fingerprint density at radius 1 is 1.23 bits per heavy atom. The fraction of sp³-hybridized carbons (Fsp3) is 0.348. The number of morpholine rings is 1. The Labute approximate surface area is 175 Å². The first kappa shape index (κ1) is 20.3. The van der Waals surface area contributed by atoms with Gasteiger partial charge in [-0.15, -0.1) is 0 Å². The van der Waals surface area contributed by atoms with Crippen molar-refractivity contribution < 1.29 is 14.3 Å². The van der Waals surface area contributed by atoms with Gasteiger partial charge in [-0.05, 0) is 35.4 Å². The number of ether oxygens (including phenoxy) is 1. The van der Waals surface area contributed by atoms with Crippen molar-refractivity contribution in [1.82, 2.24) is 9.88 Å². The molecule has 2 aliphatic heterocycles. The summed E-state index contributed by atoms with van der Waals surface area (Å²) in [5, 5.41) is 10.8. The van der Waals surface area contributed by atoms with Crippen molar-refractivity contribution in [3.63, 3.8) is 0 Å². The molecule has 0 spiro atoms. The molecule has 1 saturated heterocycles. The van der Waals surface area contributed by atoms with E-state index in [1.54, 1.807) is 6.92 Å². The molecule has 4 rings (SSSR count). The van der Waals surface area contributed by atoms with Gasteiger partial charge in [0, 0.05) is 55.6 Å². The molecule has 7 nitrogen and oxygen atoms in total. The third-order valence-corrected chi connectivity index (χ3v) is 5.48. The first-order chi connectivity index (χ1) is 14.5. The Balaban J connectivity index is 1.53. The second-order valence-electron chi connectivity index (χ2n) is 7.68. The van der Waals surface area contributed by atoms with Crippen LogP contribution in [0.3, 0.4) is 0 Å². The van der Waals surface area contributed by atoms with Gasteiger partial charge in [-0.2, -0.15) is 0 Å². The lowest BCUT2D eigenvalue weighted by atomic mass is 9.99. The quantitative estimate of drug-likeness (QED) is 0.486. The Morgan fingerprint density at radius 2 is 2.03 bits per heavy atom. The summed E-state index contributed by atoms with van der Waals surface area (Å²) in [7, 11) is 0. The first-order valence-electron chi connectivity index (χ1n) is 10.3. The summed E-state index contributed by atoms with van der Waals surface area (Å²) >= 11 is 0. The van der Waals surface area contributed by atoms with Crippen LogP contribution in [0.5, 0.6) is 0 Å². The van der Waals surface area contributed by atoms with E-state index < -0.39 is 0 Å². The van der Waals surface area contributed by atoms with Crippen LogP contribution in [-0.2, 0) is 27.3 Å². The number of amides is 1. The highest BCUT2D eigenvalue weighted by atomic mass is 16.5. The summed E-state index contributed by atoms with van der Waals surface area (Å²) < 4.78 is 5.39. The number of Topliss-reactive ketones (excluding diaryl/α,β-unsaturated/α-hetero) is 1. The predicted octanol–water partition coefficient (Wildman–Crippen LogP) is 2.88. The van der Waals surface area contributed by atoms with Gasteiger partial charge in [0.05, 0.1) is 24.5 Å². The normalized spacial score (nSPS) is 17.8. The van der Waals surface area contributed by atoms with Gasteiger partial charge in [-0.1, -0.05) is 13.0 Å². The monoisotopic (exact) mass is 406 g/mol. The fourth-order valence-corrected chi connectivity index (χ4v) is 3.81. The number of aromatic amines is 1. The van der Waals surface area contributed by atoms with Gasteiger partial charge in [-0.3, -0.25) is 14.5 Å². The number of anilines is 1. The van der Waals surface area contributed by atoms with Crippen LogP contribution >= 0.6 is 0 Å². The number of nitrogens with one attached hydrogen (secondary N) is 3. The lowest BCUT2D eigenvalue weighted by Crippen LogP contribution is -2.35. The van der Waals surface area contributed by atoms with Crippen LogP contribution in [0.1, 0.15) is 35.7 Å². The van der Waals surface area contributed by atoms with Gasteiger partial charge < -0.3 is 20.4 Å². The van der Waals surface area contributed by atoms with Crippen molar-refractivity contribution >= 4 is 34.7 Å². The highest BCUT2D eigenvalue weighted by Crippen LogP contribution is 2.34. The van der Waals surface area contributed by atoms with E-state index in [0.717, 1.165) is 55.4 Å². The van der Waals surface area contributed by atoms with Crippen molar-refractivity contribution in [3.8, 4) is 0 Å². The molecule has 156 valence electrons. The van der Waals surface area contributed by atoms with Crippen LogP contribution in [-0.4, -0.2) is 53.6 Å². The van der Waals surface area contributed by atoms with Crippen LogP contribution in [0.15, 0.2) is 30.5 Å². The lowest BCUT2D eigenvalue weighted by Gasteiger charge is -2.25. The SMILES string of the molecule is CCC(=O)C(=N)Cc1ccc2c(c1)C(=Cc1cc(CN3CCOCC3)c[nH]1)C(=O)N2. The average molecular weight is 406 g/mol. The molecule has 0 saturated carbocycles. The molecule has 2 aromatic rings. The highest BCUT2D eigenvalue weighted by molar-refractivity contribution is 6.39. The van der Waals surface area contributed by atoms with Gasteiger partial charge >= 0.3 is 0 Å². The molecule has 0 radical (unpaired) electrons. The maximum Gasteiger partial charge on any atom is 0.256 e. The highest BCUT2D eigenvalue weighted by Gasteiger charge is 2.25. The number of ketones is 1. The van der Waals surface area contributed by atoms with Gasteiger partial charge in [0.1, 0.15) is 0 Å². The summed E-state index contributed by atoms with van der Waals surface area (Å²) in [5.41, 5.74) is 5.13. The molecule has 0 atom stereocenters. The van der Waals surface area contributed by atoms with E-state index in [2.05, 4.69) is 21.3 Å². The Hall–Kier alpha value is -3.03. The molecule has 3 N–H and O–H groups in total. The van der Waals surface area contributed by atoms with Crippen LogP contribution < -0.4 is 5.32 Å². The summed E-state index contributed by atoms with van der Waals surface area (Å²) in [6, 6.07) is 7.65. The van der Waals surface area contributed by atoms with Crippen LogP contribution in [0.4, 0.5) is 5.69 Å². The number of benzene rings is 1. The third-order valence-electron chi connectivity index (χ3n) is 5.48. The van der Waals surface area contributed by atoms with Crippen molar-refractivity contribution in [1.29, 1.82) is 5.41 Å². The summed E-state index contributed by atoms with van der Waals surface area (Å²) in [6.07, 6.45) is 4.43. The number of carbonyl (C=O) groups is 2. The van der Waals surface area contributed by atoms with Gasteiger partial charge in [-0.25, -0.2) is 0 Å². The largest absolute Gasteiger partial charge is 0.379 e. The number of aromatic nitrogens is 1. The number of H-pyrrole nitrogens is 1. The van der Waals surface area contributed by atoms with E-state index in [-0.39, 0.29) is 23.8 Å². The Bertz CT molecular complexity index is 1020. The van der Waals surface area contributed by atoms with E-state index in [0.29, 0.717) is 12.0 Å². The van der Waals surface area contributed by atoms with Crippen LogP contribution in [0, 0.1) is 5.41 Å². The number of fused-ring (bicyclic) bond motifs is 1. The first-order valence-corrected chi connectivity index (χ1v) is 10.3. The van der Waals surface area contributed by atoms with Crippen molar-refractivity contribution in [2.75, 3.05) is 31.6 Å². The zero-order valence-electron chi connectivity index (χ0n) is 17.1. The molecule has 3 heterocycles. The Morgan fingerprint density at radius 3 is 2.80 bits per heavy atom. The van der Waals surface area contributed by atoms with E-state index in [1.807, 2.05) is 30.5 Å². The van der Waals surface area contributed by atoms with E-state index in [9.17, 15) is 9.59 Å². The number of hydrogen-bond donors (Lipinski definition) is 3. The maximum absolute atomic E-state index is 12.5. The molecule has 0 aliphatic carbocycles. The zero-order valence-corrected chi connectivity index (χ0v) is 17.1. The Kier molecular flexibility index (Phi) is 5.92. The average Bonchev–Trinajstić information content (AvgIpc) is 3.32. The third kappa shape index (κ3) is 4.42. The predicted molar refractivity (Wildman–Crippen MR) is 117 cm³/mol. The summed E-state index contributed by atoms with van der Waals surface area (Å²) in [4.78, 5) is 29.9. The molecule has 2 aliphatic rings. The number of nitrogens with zero attached hydrogens (tertiary/aromatic N) is 1. The molecule has 1 fully saturated rings. The molecule has 0 bridgehead atoms. The molecule has 7 heteroatoms. The topological polar surface area (TPSA) is 98.3 Å². The minimum atomic E-state index is -0.153. The summed E-state index contributed by atoms with van der Waals surface area (Å²) in [6.45, 7) is 5.99. The number of rotatable bonds is 7. The molecule has 30 heavy (non-hydrogen) atoms. The van der Waals surface area contributed by atoms with E-state index in [4.69, 9.17) is 10.1 Å². The zero-order chi connectivity index (χ0) is 21.1. The smallest absolute Gasteiger partial charge is 0.256 e. The lowest BCUT2D eigenvalue weighted by molar-refractivity contribution is -0.113. The summed E-state index contributed by atoms with van der Waals surface area (Å²) in [5.74, 6) is -0.300. The standard InChI is InChI=1S/C23H26N4O3/c1-2-22(28)20(24)11-15-3-4-21-18(10-15)19(23(29)26-21)12-17-9-16(13-25-17)14-27-5-7-30-8-6-27/h3-4,9-10,12-13,24-25H,2,5-8,11,14H2,1H3,(H,26,29). The molecule has 0 unspecified atom stereocenters. The van der Waals surface area contributed by atoms with Gasteiger partial charge in [0.25, 0.3) is 5.91 Å². The van der Waals surface area contributed by atoms with Crippen molar-refractivity contribution in [2.45, 2.75) is 26.3 Å². The second-order valence-corrected chi connectivity index (χ2v) is 7.68. The van der Waals surface area contributed by atoms with Gasteiger partial charge in [0.15, 0.2) is 5.78 Å². The van der Waals surface area contributed by atoms with E-state index in [1.165, 1.54) is 5.56 Å². The molecule has 1 amide bonds. The minimum Gasteiger partial charge on any atom is -0.379 e. The van der Waals surface area contributed by atoms with Gasteiger partial charge in [0.2, 0.25) is 0 Å². The minimum absolute atomic E-state index is 0.0948. The fourth-order valence-electron chi connectivity index (χ4n) is 3.81. The molecular weight excluding hydrogens is 380 g/mol. The van der Waals surface area contributed by atoms with Crippen molar-refractivity contribution in [2.24, 2.45) is 0 Å². The molecule has 1 aromatic carbocycles. The number of carbonyl (C=O) groups excluding carboxylic acids is 2. The second kappa shape index (κ2) is 8.77. The molecule has 1 aromatic heterocycles. The van der Waals surface area contributed by atoms with Crippen molar-refractivity contribution in [3.05, 3.63) is 52.8 Å². The maximum atomic E-state index is 12.5.